The first kappa shape index (κ1) is 33.6. The SMILES string of the molecule is COc1ccccc1-c1noc(CCC(=O)N2CC(=O)NCCCc3ccc(F)c(c3)C(=O)N3CCC[C@H]3C(=O)N[C@H](C(C)C)C2)n1. The van der Waals surface area contributed by atoms with Gasteiger partial charge >= 0.3 is 0 Å². The predicted molar refractivity (Wildman–Crippen MR) is 170 cm³/mol. The van der Waals surface area contributed by atoms with E-state index in [1.54, 1.807) is 25.3 Å². The van der Waals surface area contributed by atoms with Crippen molar-refractivity contribution in [2.24, 2.45) is 5.92 Å². The summed E-state index contributed by atoms with van der Waals surface area (Å²) in [5.74, 6) is -1.13. The topological polar surface area (TPSA) is 147 Å². The van der Waals surface area contributed by atoms with E-state index in [2.05, 4.69) is 20.8 Å². The Morgan fingerprint density at radius 3 is 2.72 bits per heavy atom. The summed E-state index contributed by atoms with van der Waals surface area (Å²) in [7, 11) is 1.55. The highest BCUT2D eigenvalue weighted by Gasteiger charge is 2.37. The molecule has 0 unspecified atom stereocenters. The van der Waals surface area contributed by atoms with E-state index in [1.807, 2.05) is 26.0 Å². The molecule has 3 heterocycles. The summed E-state index contributed by atoms with van der Waals surface area (Å²) in [4.78, 5) is 61.1. The lowest BCUT2D eigenvalue weighted by atomic mass is 10.0. The molecule has 0 saturated carbocycles. The van der Waals surface area contributed by atoms with Crippen molar-refractivity contribution >= 4 is 23.6 Å². The summed E-state index contributed by atoms with van der Waals surface area (Å²) in [5.41, 5.74) is 1.34. The lowest BCUT2D eigenvalue weighted by Crippen LogP contribution is -2.54. The molecule has 250 valence electrons. The van der Waals surface area contributed by atoms with E-state index in [-0.39, 0.29) is 61.0 Å². The van der Waals surface area contributed by atoms with Crippen LogP contribution >= 0.6 is 0 Å². The van der Waals surface area contributed by atoms with Crippen LogP contribution in [-0.4, -0.2) is 88.9 Å². The Balaban J connectivity index is 1.34. The number of carbonyl (C=O) groups is 4. The van der Waals surface area contributed by atoms with Crippen molar-refractivity contribution in [3.63, 3.8) is 0 Å². The average molecular weight is 649 g/mol. The van der Waals surface area contributed by atoms with Crippen LogP contribution in [0.15, 0.2) is 47.0 Å². The predicted octanol–water partition coefficient (Wildman–Crippen LogP) is 3.15. The summed E-state index contributed by atoms with van der Waals surface area (Å²) >= 11 is 0. The van der Waals surface area contributed by atoms with Crippen molar-refractivity contribution in [3.8, 4) is 17.1 Å². The number of ether oxygens (including phenoxy) is 1. The minimum atomic E-state index is -0.773. The van der Waals surface area contributed by atoms with Crippen molar-refractivity contribution < 1.29 is 32.8 Å². The lowest BCUT2D eigenvalue weighted by Gasteiger charge is -2.32. The molecule has 4 amide bonds. The number of benzene rings is 2. The van der Waals surface area contributed by atoms with Gasteiger partial charge in [-0.2, -0.15) is 4.98 Å². The van der Waals surface area contributed by atoms with Gasteiger partial charge in [0.05, 0.1) is 24.8 Å². The zero-order valence-corrected chi connectivity index (χ0v) is 27.0. The van der Waals surface area contributed by atoms with Gasteiger partial charge in [-0.25, -0.2) is 4.39 Å². The van der Waals surface area contributed by atoms with Crippen LogP contribution in [0.2, 0.25) is 0 Å². The standard InChI is InChI=1S/C34H41FN6O6/c1-21(2)26-19-40(31(43)15-14-30-38-32(39-47-30)23-9-4-5-11-28(23)46-3)20-29(42)36-16-6-8-22-12-13-25(35)24(18-22)34(45)41-17-7-10-27(41)33(44)37-26/h4-5,9,11-13,18,21,26-27H,6-8,10,14-17,19-20H2,1-3H3,(H,36,42)(H,37,44)/t26-,27-/m0/s1. The number of aromatic nitrogens is 2. The summed E-state index contributed by atoms with van der Waals surface area (Å²) in [6.45, 7) is 4.35. The summed E-state index contributed by atoms with van der Waals surface area (Å²) in [5, 5.41) is 9.93. The monoisotopic (exact) mass is 648 g/mol. The molecule has 0 radical (unpaired) electrons. The van der Waals surface area contributed by atoms with E-state index in [0.717, 1.165) is 5.56 Å². The molecular weight excluding hydrogens is 607 g/mol. The number of amides is 4. The first-order valence-electron chi connectivity index (χ1n) is 16.0. The van der Waals surface area contributed by atoms with Crippen molar-refractivity contribution in [2.45, 2.75) is 64.5 Å². The Morgan fingerprint density at radius 1 is 1.13 bits per heavy atom. The average Bonchev–Trinajstić information content (AvgIpc) is 3.75. The van der Waals surface area contributed by atoms with Gasteiger partial charge in [-0.05, 0) is 61.4 Å². The van der Waals surface area contributed by atoms with E-state index in [0.29, 0.717) is 55.9 Å². The number of nitrogens with one attached hydrogen (secondary N) is 2. The number of nitrogens with zero attached hydrogens (tertiary/aromatic N) is 4. The van der Waals surface area contributed by atoms with Crippen molar-refractivity contribution in [1.82, 2.24) is 30.6 Å². The second kappa shape index (κ2) is 15.2. The molecule has 2 aromatic carbocycles. The third-order valence-electron chi connectivity index (χ3n) is 8.65. The second-order valence-corrected chi connectivity index (χ2v) is 12.3. The fraction of sp³-hybridized carbons (Fsp3) is 0.471. The van der Waals surface area contributed by atoms with Crippen LogP contribution in [-0.2, 0) is 27.2 Å². The fourth-order valence-corrected chi connectivity index (χ4v) is 5.94. The minimum absolute atomic E-state index is 0.00826. The highest BCUT2D eigenvalue weighted by atomic mass is 19.1. The number of hydrogen-bond donors (Lipinski definition) is 2. The van der Waals surface area contributed by atoms with E-state index in [9.17, 15) is 23.6 Å². The minimum Gasteiger partial charge on any atom is -0.496 e. The Labute approximate surface area is 273 Å². The van der Waals surface area contributed by atoms with Gasteiger partial charge in [0.1, 0.15) is 17.6 Å². The Morgan fingerprint density at radius 2 is 1.94 bits per heavy atom. The van der Waals surface area contributed by atoms with Crippen LogP contribution in [0, 0.1) is 11.7 Å². The van der Waals surface area contributed by atoms with Gasteiger partial charge < -0.3 is 29.7 Å². The Kier molecular flexibility index (Phi) is 10.8. The smallest absolute Gasteiger partial charge is 0.257 e. The quantitative estimate of drug-likeness (QED) is 0.415. The number of carbonyl (C=O) groups excluding carboxylic acids is 4. The van der Waals surface area contributed by atoms with Crippen molar-refractivity contribution in [2.75, 3.05) is 33.3 Å². The first-order valence-corrected chi connectivity index (χ1v) is 16.0. The molecule has 1 saturated heterocycles. The summed E-state index contributed by atoms with van der Waals surface area (Å²) < 4.78 is 25.6. The molecule has 0 spiro atoms. The van der Waals surface area contributed by atoms with E-state index in [4.69, 9.17) is 9.26 Å². The number of hydrogen-bond acceptors (Lipinski definition) is 8. The molecule has 2 N–H and O–H groups in total. The van der Waals surface area contributed by atoms with Crippen LogP contribution in [0.3, 0.4) is 0 Å². The second-order valence-electron chi connectivity index (χ2n) is 12.3. The first-order chi connectivity index (χ1) is 22.6. The van der Waals surface area contributed by atoms with Crippen LogP contribution in [0.1, 0.15) is 61.3 Å². The largest absolute Gasteiger partial charge is 0.496 e. The van der Waals surface area contributed by atoms with Gasteiger partial charge in [0.2, 0.25) is 29.4 Å². The van der Waals surface area contributed by atoms with Crippen molar-refractivity contribution in [1.29, 1.82) is 0 Å². The lowest BCUT2D eigenvalue weighted by molar-refractivity contribution is -0.137. The molecule has 12 nitrogen and oxygen atoms in total. The van der Waals surface area contributed by atoms with E-state index < -0.39 is 23.8 Å². The van der Waals surface area contributed by atoms with Gasteiger partial charge in [-0.3, -0.25) is 19.2 Å². The number of halogens is 1. The van der Waals surface area contributed by atoms with Gasteiger partial charge in [0.25, 0.3) is 5.91 Å². The third-order valence-corrected chi connectivity index (χ3v) is 8.65. The molecule has 5 rings (SSSR count). The van der Waals surface area contributed by atoms with E-state index >= 15 is 0 Å². The molecule has 1 aromatic heterocycles. The van der Waals surface area contributed by atoms with Gasteiger partial charge in [-0.15, -0.1) is 0 Å². The molecule has 2 aliphatic heterocycles. The molecular formula is C34H41FN6O6. The highest BCUT2D eigenvalue weighted by Crippen LogP contribution is 2.27. The molecule has 1 fully saturated rings. The van der Waals surface area contributed by atoms with Gasteiger partial charge in [0.15, 0.2) is 0 Å². The number of rotatable bonds is 6. The summed E-state index contributed by atoms with van der Waals surface area (Å²) in [6, 6.07) is 10.4. The van der Waals surface area contributed by atoms with E-state index in [1.165, 1.54) is 21.9 Å². The number of para-hydroxylation sites is 1. The van der Waals surface area contributed by atoms with Crippen LogP contribution < -0.4 is 15.4 Å². The Hall–Kier alpha value is -4.81. The maximum atomic E-state index is 14.8. The molecule has 2 atom stereocenters. The fourth-order valence-electron chi connectivity index (χ4n) is 5.94. The zero-order valence-electron chi connectivity index (χ0n) is 27.0. The normalized spacial score (nSPS) is 19.6. The van der Waals surface area contributed by atoms with Crippen LogP contribution in [0.5, 0.6) is 5.75 Å². The van der Waals surface area contributed by atoms with Crippen molar-refractivity contribution in [3.05, 3.63) is 65.3 Å². The van der Waals surface area contributed by atoms with Gasteiger partial charge in [0, 0.05) is 38.5 Å². The molecule has 2 aliphatic rings. The third kappa shape index (κ3) is 8.13. The van der Waals surface area contributed by atoms with Crippen LogP contribution in [0.25, 0.3) is 11.4 Å². The number of fused-ring (bicyclic) bond motifs is 3. The van der Waals surface area contributed by atoms with Crippen LogP contribution in [0.4, 0.5) is 4.39 Å². The number of aryl methyl sites for hydroxylation is 2. The molecule has 47 heavy (non-hydrogen) atoms. The molecule has 0 aliphatic carbocycles. The zero-order chi connectivity index (χ0) is 33.5. The van der Waals surface area contributed by atoms with Gasteiger partial charge in [-0.1, -0.05) is 37.2 Å². The molecule has 2 bridgehead atoms. The maximum absolute atomic E-state index is 14.8. The summed E-state index contributed by atoms with van der Waals surface area (Å²) in [6.07, 6.45) is 2.24. The highest BCUT2D eigenvalue weighted by molar-refractivity contribution is 5.98. The molecule has 3 aromatic rings. The molecule has 13 heteroatoms. The Bertz CT molecular complexity index is 1610. The maximum Gasteiger partial charge on any atom is 0.257 e. The number of methoxy groups -OCH3 is 1.